The van der Waals surface area contributed by atoms with E-state index in [9.17, 15) is 9.90 Å². The van der Waals surface area contributed by atoms with Crippen molar-refractivity contribution in [2.45, 2.75) is 0 Å². The Morgan fingerprint density at radius 1 is 1.33 bits per heavy atom. The summed E-state index contributed by atoms with van der Waals surface area (Å²) in [6, 6.07) is 5.48. The van der Waals surface area contributed by atoms with Crippen molar-refractivity contribution >= 4 is 29.1 Å². The summed E-state index contributed by atoms with van der Waals surface area (Å²) in [6.07, 6.45) is 0. The summed E-state index contributed by atoms with van der Waals surface area (Å²) in [5, 5.41) is 16.9. The molecule has 0 atom stereocenters. The lowest BCUT2D eigenvalue weighted by Crippen LogP contribution is -2.08. The average molecular weight is 266 g/mol. The largest absolute Gasteiger partial charge is 0.506 e. The number of nitrogen functional groups attached to an aromatic ring is 1. The highest BCUT2D eigenvalue weighted by atomic mass is 35.5. The predicted octanol–water partition coefficient (Wildman–Crippen LogP) is 2.13. The van der Waals surface area contributed by atoms with Gasteiger partial charge in [0.05, 0.1) is 16.8 Å². The lowest BCUT2D eigenvalue weighted by Gasteiger charge is -1.97. The van der Waals surface area contributed by atoms with Crippen LogP contribution < -0.4 is 11.3 Å². The van der Waals surface area contributed by atoms with Crippen LogP contribution in [0.1, 0.15) is 0 Å². The van der Waals surface area contributed by atoms with Crippen molar-refractivity contribution in [1.82, 2.24) is 9.97 Å². The minimum Gasteiger partial charge on any atom is -0.506 e. The van der Waals surface area contributed by atoms with Gasteiger partial charge < -0.3 is 10.8 Å². The molecular weight excluding hydrogens is 258 g/mol. The first kappa shape index (κ1) is 12.1. The summed E-state index contributed by atoms with van der Waals surface area (Å²) in [7, 11) is 0. The second kappa shape index (κ2) is 4.84. The Kier molecular flexibility index (Phi) is 3.24. The number of aromatic hydroxyl groups is 1. The standard InChI is InChI=1S/C10H8ClN5O2/c11-6-3-5(1-2-7(6)17)15-16-8-4-9(18)14-10(12)13-8/h1-4,17H,(H3,12,13,14,18). The summed E-state index contributed by atoms with van der Waals surface area (Å²) < 4.78 is 0. The van der Waals surface area contributed by atoms with Crippen LogP contribution >= 0.6 is 11.6 Å². The van der Waals surface area contributed by atoms with Gasteiger partial charge in [0.1, 0.15) is 5.75 Å². The molecule has 92 valence electrons. The fraction of sp³-hybridized carbons (Fsp3) is 0. The van der Waals surface area contributed by atoms with E-state index >= 15 is 0 Å². The number of rotatable bonds is 2. The van der Waals surface area contributed by atoms with Gasteiger partial charge in [0.2, 0.25) is 5.95 Å². The quantitative estimate of drug-likeness (QED) is 0.721. The van der Waals surface area contributed by atoms with E-state index in [1.807, 2.05) is 0 Å². The highest BCUT2D eigenvalue weighted by Gasteiger charge is 2.00. The van der Waals surface area contributed by atoms with Crippen LogP contribution in [0.25, 0.3) is 0 Å². The summed E-state index contributed by atoms with van der Waals surface area (Å²) in [5.41, 5.74) is 5.35. The molecule has 2 rings (SSSR count). The summed E-state index contributed by atoms with van der Waals surface area (Å²) >= 11 is 5.70. The highest BCUT2D eigenvalue weighted by Crippen LogP contribution is 2.28. The molecule has 0 aliphatic carbocycles. The lowest BCUT2D eigenvalue weighted by atomic mass is 10.3. The van der Waals surface area contributed by atoms with E-state index in [1.54, 1.807) is 0 Å². The van der Waals surface area contributed by atoms with Crippen molar-refractivity contribution < 1.29 is 5.11 Å². The first-order valence-electron chi connectivity index (χ1n) is 4.82. The Hall–Kier alpha value is -2.41. The van der Waals surface area contributed by atoms with E-state index in [1.165, 1.54) is 18.2 Å². The third kappa shape index (κ3) is 2.83. The number of hydrogen-bond donors (Lipinski definition) is 3. The number of halogens is 1. The van der Waals surface area contributed by atoms with Crippen LogP contribution in [0, 0.1) is 0 Å². The van der Waals surface area contributed by atoms with Crippen LogP contribution in [0.2, 0.25) is 5.02 Å². The highest BCUT2D eigenvalue weighted by molar-refractivity contribution is 6.32. The Bertz CT molecular complexity index is 668. The smallest absolute Gasteiger partial charge is 0.254 e. The molecule has 1 heterocycles. The molecule has 1 aromatic heterocycles. The molecule has 8 heteroatoms. The zero-order chi connectivity index (χ0) is 13.1. The molecule has 4 N–H and O–H groups in total. The van der Waals surface area contributed by atoms with Crippen LogP contribution in [-0.4, -0.2) is 15.1 Å². The minimum absolute atomic E-state index is 0.0415. The van der Waals surface area contributed by atoms with Gasteiger partial charge in [0.15, 0.2) is 5.82 Å². The van der Waals surface area contributed by atoms with Crippen LogP contribution in [0.15, 0.2) is 39.3 Å². The van der Waals surface area contributed by atoms with Crippen molar-refractivity contribution in [3.8, 4) is 5.75 Å². The number of H-pyrrole nitrogens is 1. The molecule has 0 spiro atoms. The molecule has 2 aromatic rings. The first-order chi connectivity index (χ1) is 8.54. The number of anilines is 1. The van der Waals surface area contributed by atoms with Crippen LogP contribution in [-0.2, 0) is 0 Å². The van der Waals surface area contributed by atoms with Gasteiger partial charge in [0, 0.05) is 0 Å². The number of phenols is 1. The molecule has 0 bridgehead atoms. The molecule has 0 amide bonds. The molecule has 7 nitrogen and oxygen atoms in total. The van der Waals surface area contributed by atoms with Gasteiger partial charge in [-0.25, -0.2) is 0 Å². The molecular formula is C10H8ClN5O2. The maximum atomic E-state index is 11.1. The van der Waals surface area contributed by atoms with Crippen molar-refractivity contribution in [2.24, 2.45) is 10.2 Å². The van der Waals surface area contributed by atoms with Crippen molar-refractivity contribution in [3.63, 3.8) is 0 Å². The Morgan fingerprint density at radius 3 is 2.78 bits per heavy atom. The van der Waals surface area contributed by atoms with Gasteiger partial charge in [-0.2, -0.15) is 4.98 Å². The third-order valence-corrected chi connectivity index (χ3v) is 2.25. The third-order valence-electron chi connectivity index (χ3n) is 1.95. The van der Waals surface area contributed by atoms with Crippen molar-refractivity contribution in [1.29, 1.82) is 0 Å². The number of aromatic amines is 1. The monoisotopic (exact) mass is 265 g/mol. The minimum atomic E-state index is -0.416. The van der Waals surface area contributed by atoms with E-state index in [0.29, 0.717) is 5.69 Å². The summed E-state index contributed by atoms with van der Waals surface area (Å²) in [5.74, 6) is -0.00484. The van der Waals surface area contributed by atoms with Gasteiger partial charge in [-0.15, -0.1) is 10.2 Å². The second-order valence-corrected chi connectivity index (χ2v) is 3.73. The van der Waals surface area contributed by atoms with E-state index in [-0.39, 0.29) is 22.5 Å². The Morgan fingerprint density at radius 2 is 2.11 bits per heavy atom. The molecule has 1 aromatic carbocycles. The van der Waals surface area contributed by atoms with Gasteiger partial charge in [0.25, 0.3) is 5.56 Å². The van der Waals surface area contributed by atoms with Gasteiger partial charge in [-0.3, -0.25) is 9.78 Å². The van der Waals surface area contributed by atoms with Gasteiger partial charge >= 0.3 is 0 Å². The van der Waals surface area contributed by atoms with E-state index in [4.69, 9.17) is 17.3 Å². The van der Waals surface area contributed by atoms with E-state index < -0.39 is 5.56 Å². The fourth-order valence-electron chi connectivity index (χ4n) is 1.18. The molecule has 0 aliphatic heterocycles. The molecule has 0 unspecified atom stereocenters. The molecule has 0 saturated heterocycles. The Balaban J connectivity index is 2.29. The molecule has 0 fully saturated rings. The maximum absolute atomic E-state index is 11.1. The second-order valence-electron chi connectivity index (χ2n) is 3.32. The van der Waals surface area contributed by atoms with Gasteiger partial charge in [-0.1, -0.05) is 11.6 Å². The molecule has 18 heavy (non-hydrogen) atoms. The van der Waals surface area contributed by atoms with Crippen molar-refractivity contribution in [3.05, 3.63) is 39.6 Å². The lowest BCUT2D eigenvalue weighted by molar-refractivity contribution is 0.475. The van der Waals surface area contributed by atoms with Gasteiger partial charge in [-0.05, 0) is 18.2 Å². The summed E-state index contributed by atoms with van der Waals surface area (Å²) in [4.78, 5) is 17.1. The topological polar surface area (TPSA) is 117 Å². The number of azo groups is 1. The van der Waals surface area contributed by atoms with Crippen LogP contribution in [0.4, 0.5) is 17.5 Å². The summed E-state index contributed by atoms with van der Waals surface area (Å²) in [6.45, 7) is 0. The zero-order valence-corrected chi connectivity index (χ0v) is 9.72. The number of aromatic nitrogens is 2. The van der Waals surface area contributed by atoms with E-state index in [0.717, 1.165) is 6.07 Å². The number of nitrogens with two attached hydrogens (primary N) is 1. The van der Waals surface area contributed by atoms with Crippen LogP contribution in [0.3, 0.4) is 0 Å². The molecule has 0 aliphatic rings. The molecule has 0 saturated carbocycles. The first-order valence-corrected chi connectivity index (χ1v) is 5.19. The Labute approximate surface area is 106 Å². The zero-order valence-electron chi connectivity index (χ0n) is 8.96. The SMILES string of the molecule is Nc1nc(N=Nc2ccc(O)c(Cl)c2)cc(=O)[nH]1. The maximum Gasteiger partial charge on any atom is 0.254 e. The number of nitrogens with one attached hydrogen (secondary N) is 1. The predicted molar refractivity (Wildman–Crippen MR) is 66.6 cm³/mol. The number of hydrogen-bond acceptors (Lipinski definition) is 6. The van der Waals surface area contributed by atoms with Crippen molar-refractivity contribution in [2.75, 3.05) is 5.73 Å². The van der Waals surface area contributed by atoms with E-state index in [2.05, 4.69) is 20.2 Å². The number of nitrogens with zero attached hydrogens (tertiary/aromatic N) is 3. The number of phenolic OH excluding ortho intramolecular Hbond substituents is 1. The molecule has 0 radical (unpaired) electrons. The normalized spacial score (nSPS) is 10.9. The fourth-order valence-corrected chi connectivity index (χ4v) is 1.36. The van der Waals surface area contributed by atoms with Crippen LogP contribution in [0.5, 0.6) is 5.75 Å². The average Bonchev–Trinajstić information content (AvgIpc) is 2.29. The number of benzene rings is 1.